The van der Waals surface area contributed by atoms with E-state index < -0.39 is 0 Å². The van der Waals surface area contributed by atoms with Gasteiger partial charge in [0.05, 0.1) is 6.54 Å². The summed E-state index contributed by atoms with van der Waals surface area (Å²) in [5, 5.41) is 2.85. The Morgan fingerprint density at radius 3 is 2.78 bits per heavy atom. The second-order valence-corrected chi connectivity index (χ2v) is 5.54. The van der Waals surface area contributed by atoms with E-state index in [0.717, 1.165) is 23.7 Å². The van der Waals surface area contributed by atoms with Gasteiger partial charge in [0.25, 0.3) is 0 Å². The Bertz CT molecular complexity index is 497. The molecule has 0 radical (unpaired) electrons. The van der Waals surface area contributed by atoms with Crippen molar-refractivity contribution in [3.63, 3.8) is 0 Å². The molecule has 2 N–H and O–H groups in total. The number of anilines is 1. The van der Waals surface area contributed by atoms with E-state index in [1.54, 1.807) is 11.3 Å². The average molecular weight is 281 g/mol. The molecule has 0 saturated carbocycles. The minimum absolute atomic E-state index is 0.511. The molecule has 0 saturated heterocycles. The molecule has 0 aliphatic rings. The molecule has 18 heavy (non-hydrogen) atoms. The smallest absolute Gasteiger partial charge is 0.0522 e. The van der Waals surface area contributed by atoms with Crippen LogP contribution in [-0.2, 0) is 13.1 Å². The van der Waals surface area contributed by atoms with Gasteiger partial charge in [0, 0.05) is 28.7 Å². The number of hydrogen-bond acceptors (Lipinski definition) is 3. The van der Waals surface area contributed by atoms with Crippen LogP contribution >= 0.6 is 22.9 Å². The predicted octanol–water partition coefficient (Wildman–Crippen LogP) is 3.89. The first-order valence-corrected chi connectivity index (χ1v) is 7.26. The monoisotopic (exact) mass is 280 g/mol. The lowest BCUT2D eigenvalue weighted by Crippen LogP contribution is -2.23. The zero-order chi connectivity index (χ0) is 13.0. The third-order valence-corrected chi connectivity index (χ3v) is 4.01. The Kier molecular flexibility index (Phi) is 4.64. The molecular weight excluding hydrogens is 264 g/mol. The summed E-state index contributed by atoms with van der Waals surface area (Å²) in [7, 11) is 0. The summed E-state index contributed by atoms with van der Waals surface area (Å²) in [6.45, 7) is 4.54. The van der Waals surface area contributed by atoms with Crippen LogP contribution in [0.5, 0.6) is 0 Å². The number of halogens is 1. The van der Waals surface area contributed by atoms with E-state index in [2.05, 4.69) is 35.4 Å². The summed E-state index contributed by atoms with van der Waals surface area (Å²) in [5.41, 5.74) is 8.08. The van der Waals surface area contributed by atoms with Crippen LogP contribution in [0.2, 0.25) is 5.02 Å². The molecule has 0 fully saturated rings. The number of benzene rings is 1. The normalized spacial score (nSPS) is 10.6. The van der Waals surface area contributed by atoms with Gasteiger partial charge in [-0.15, -0.1) is 11.3 Å². The van der Waals surface area contributed by atoms with E-state index in [1.807, 2.05) is 12.1 Å². The molecule has 1 heterocycles. The van der Waals surface area contributed by atoms with Crippen molar-refractivity contribution >= 4 is 28.6 Å². The van der Waals surface area contributed by atoms with Gasteiger partial charge in [0.2, 0.25) is 0 Å². The fourth-order valence-electron chi connectivity index (χ4n) is 1.98. The Labute approximate surface area is 117 Å². The van der Waals surface area contributed by atoms with Crippen LogP contribution < -0.4 is 10.6 Å². The predicted molar refractivity (Wildman–Crippen MR) is 80.4 cm³/mol. The molecule has 2 aromatic rings. The lowest BCUT2D eigenvalue weighted by atomic mass is 10.1. The van der Waals surface area contributed by atoms with E-state index >= 15 is 0 Å². The van der Waals surface area contributed by atoms with Crippen LogP contribution in [0.15, 0.2) is 35.7 Å². The Morgan fingerprint density at radius 2 is 2.17 bits per heavy atom. The molecule has 0 aliphatic heterocycles. The molecule has 2 rings (SSSR count). The zero-order valence-corrected chi connectivity index (χ0v) is 12.0. The van der Waals surface area contributed by atoms with Gasteiger partial charge < -0.3 is 10.6 Å². The van der Waals surface area contributed by atoms with E-state index in [4.69, 9.17) is 17.3 Å². The van der Waals surface area contributed by atoms with Gasteiger partial charge in [0.1, 0.15) is 0 Å². The molecule has 96 valence electrons. The summed E-state index contributed by atoms with van der Waals surface area (Å²) in [6.07, 6.45) is 0. The highest BCUT2D eigenvalue weighted by atomic mass is 35.5. The number of nitrogens with zero attached hydrogens (tertiary/aromatic N) is 1. The quantitative estimate of drug-likeness (QED) is 0.900. The van der Waals surface area contributed by atoms with Gasteiger partial charge in [-0.05, 0) is 42.1 Å². The highest BCUT2D eigenvalue weighted by molar-refractivity contribution is 7.09. The lowest BCUT2D eigenvalue weighted by Gasteiger charge is -2.25. The van der Waals surface area contributed by atoms with E-state index in [1.165, 1.54) is 10.6 Å². The summed E-state index contributed by atoms with van der Waals surface area (Å²) < 4.78 is 0. The van der Waals surface area contributed by atoms with Crippen molar-refractivity contribution in [2.75, 3.05) is 11.4 Å². The third kappa shape index (κ3) is 3.05. The van der Waals surface area contributed by atoms with Crippen LogP contribution in [0.1, 0.15) is 17.4 Å². The number of rotatable bonds is 5. The number of thiophene rings is 1. The number of nitrogens with two attached hydrogens (primary N) is 1. The molecule has 1 aromatic carbocycles. The Hall–Kier alpha value is -1.03. The van der Waals surface area contributed by atoms with Crippen molar-refractivity contribution in [1.29, 1.82) is 0 Å². The fraction of sp³-hybridized carbons (Fsp3) is 0.286. The van der Waals surface area contributed by atoms with Crippen molar-refractivity contribution in [1.82, 2.24) is 0 Å². The topological polar surface area (TPSA) is 29.3 Å². The zero-order valence-electron chi connectivity index (χ0n) is 10.4. The SMILES string of the molecule is CCN(Cc1cccs1)c1ccc(Cl)cc1CN. The maximum Gasteiger partial charge on any atom is 0.0522 e. The first-order chi connectivity index (χ1) is 8.74. The molecule has 4 heteroatoms. The lowest BCUT2D eigenvalue weighted by molar-refractivity contribution is 0.831. The molecule has 0 amide bonds. The molecule has 2 nitrogen and oxygen atoms in total. The van der Waals surface area contributed by atoms with Crippen LogP contribution in [0.3, 0.4) is 0 Å². The maximum absolute atomic E-state index is 6.01. The maximum atomic E-state index is 6.01. The molecule has 0 spiro atoms. The summed E-state index contributed by atoms with van der Waals surface area (Å²) in [5.74, 6) is 0. The molecule has 0 unspecified atom stereocenters. The molecule has 1 aromatic heterocycles. The summed E-state index contributed by atoms with van der Waals surface area (Å²) in [4.78, 5) is 3.68. The van der Waals surface area contributed by atoms with Gasteiger partial charge in [-0.25, -0.2) is 0 Å². The van der Waals surface area contributed by atoms with Crippen LogP contribution in [0.25, 0.3) is 0 Å². The fourth-order valence-corrected chi connectivity index (χ4v) is 2.90. The van der Waals surface area contributed by atoms with E-state index in [-0.39, 0.29) is 0 Å². The van der Waals surface area contributed by atoms with E-state index in [9.17, 15) is 0 Å². The highest BCUT2D eigenvalue weighted by Crippen LogP contribution is 2.26. The van der Waals surface area contributed by atoms with Crippen LogP contribution in [0, 0.1) is 0 Å². The molecule has 0 bridgehead atoms. The van der Waals surface area contributed by atoms with Crippen LogP contribution in [-0.4, -0.2) is 6.54 Å². The van der Waals surface area contributed by atoms with Gasteiger partial charge in [0.15, 0.2) is 0 Å². The van der Waals surface area contributed by atoms with Crippen molar-refractivity contribution in [2.45, 2.75) is 20.0 Å². The second kappa shape index (κ2) is 6.23. The van der Waals surface area contributed by atoms with Gasteiger partial charge in [-0.2, -0.15) is 0 Å². The molecular formula is C14H17ClN2S. The average Bonchev–Trinajstić information content (AvgIpc) is 2.89. The second-order valence-electron chi connectivity index (χ2n) is 4.07. The van der Waals surface area contributed by atoms with Gasteiger partial charge in [-0.1, -0.05) is 17.7 Å². The van der Waals surface area contributed by atoms with Gasteiger partial charge >= 0.3 is 0 Å². The van der Waals surface area contributed by atoms with Crippen molar-refractivity contribution in [3.05, 3.63) is 51.2 Å². The summed E-state index contributed by atoms with van der Waals surface area (Å²) >= 11 is 7.79. The van der Waals surface area contributed by atoms with Crippen molar-refractivity contribution in [2.24, 2.45) is 5.73 Å². The third-order valence-electron chi connectivity index (χ3n) is 2.91. The highest BCUT2D eigenvalue weighted by Gasteiger charge is 2.10. The van der Waals surface area contributed by atoms with Crippen LogP contribution in [0.4, 0.5) is 5.69 Å². The minimum Gasteiger partial charge on any atom is -0.366 e. The molecule has 0 atom stereocenters. The minimum atomic E-state index is 0.511. The van der Waals surface area contributed by atoms with Crippen molar-refractivity contribution in [3.8, 4) is 0 Å². The molecule has 0 aliphatic carbocycles. The Morgan fingerprint density at radius 1 is 1.33 bits per heavy atom. The largest absolute Gasteiger partial charge is 0.366 e. The first-order valence-electron chi connectivity index (χ1n) is 6.00. The number of hydrogen-bond donors (Lipinski definition) is 1. The first kappa shape index (κ1) is 13.4. The van der Waals surface area contributed by atoms with Gasteiger partial charge in [-0.3, -0.25) is 0 Å². The van der Waals surface area contributed by atoms with E-state index in [0.29, 0.717) is 6.54 Å². The Balaban J connectivity index is 2.26. The van der Waals surface area contributed by atoms with Crippen molar-refractivity contribution < 1.29 is 0 Å². The summed E-state index contributed by atoms with van der Waals surface area (Å²) in [6, 6.07) is 10.2. The standard InChI is InChI=1S/C14H17ClN2S/c1-2-17(10-13-4-3-7-18-13)14-6-5-12(15)8-11(14)9-16/h3-8H,2,9-10,16H2,1H3.